The van der Waals surface area contributed by atoms with Crippen LogP contribution >= 0.6 is 23.4 Å². The van der Waals surface area contributed by atoms with Crippen LogP contribution in [0.15, 0.2) is 28.3 Å². The molecule has 18 heavy (non-hydrogen) atoms. The molecule has 1 aromatic heterocycles. The lowest BCUT2D eigenvalue weighted by Gasteiger charge is -2.08. The minimum atomic E-state index is 0.127. The van der Waals surface area contributed by atoms with Crippen LogP contribution in [0, 0.1) is 0 Å². The molecule has 2 N–H and O–H groups in total. The van der Waals surface area contributed by atoms with Gasteiger partial charge in [-0.2, -0.15) is 0 Å². The number of nitrogens with zero attached hydrogens (tertiary/aromatic N) is 4. The van der Waals surface area contributed by atoms with Gasteiger partial charge < -0.3 is 5.73 Å². The van der Waals surface area contributed by atoms with Gasteiger partial charge in [0.2, 0.25) is 5.16 Å². The number of halogens is 1. The minimum absolute atomic E-state index is 0.127. The van der Waals surface area contributed by atoms with E-state index in [0.29, 0.717) is 10.2 Å². The third-order valence-corrected chi connectivity index (χ3v) is 3.87. The Balaban J connectivity index is 2.17. The highest BCUT2D eigenvalue weighted by Gasteiger charge is 2.09. The van der Waals surface area contributed by atoms with Crippen LogP contribution in [0.2, 0.25) is 5.02 Å². The summed E-state index contributed by atoms with van der Waals surface area (Å²) in [5, 5.41) is 12.7. The van der Waals surface area contributed by atoms with Gasteiger partial charge in [-0.3, -0.25) is 0 Å². The van der Waals surface area contributed by atoms with Crippen LogP contribution in [0.4, 0.5) is 0 Å². The van der Waals surface area contributed by atoms with Crippen molar-refractivity contribution in [2.45, 2.75) is 29.4 Å². The molecule has 1 atom stereocenters. The van der Waals surface area contributed by atoms with Crippen LogP contribution in [0.25, 0.3) is 0 Å². The molecule has 0 amide bonds. The summed E-state index contributed by atoms with van der Waals surface area (Å²) in [4.78, 5) is 0.933. The first kappa shape index (κ1) is 13.3. The average Bonchev–Trinajstić information content (AvgIpc) is 2.67. The molecule has 0 aliphatic rings. The molecule has 2 rings (SSSR count). The van der Waals surface area contributed by atoms with E-state index in [1.165, 1.54) is 11.8 Å². The Morgan fingerprint density at radius 1 is 1.50 bits per heavy atom. The fourth-order valence-corrected chi connectivity index (χ4v) is 2.59. The Kier molecular flexibility index (Phi) is 4.21. The van der Waals surface area contributed by atoms with Gasteiger partial charge in [0.1, 0.15) is 0 Å². The number of benzene rings is 1. The summed E-state index contributed by atoms with van der Waals surface area (Å²) in [5.74, 6) is 0. The van der Waals surface area contributed by atoms with Crippen LogP contribution in [0.5, 0.6) is 0 Å². The molecule has 1 heterocycles. The van der Waals surface area contributed by atoms with Crippen molar-refractivity contribution in [3.05, 3.63) is 28.8 Å². The lowest BCUT2D eigenvalue weighted by Crippen LogP contribution is -2.17. The number of nitrogens with two attached hydrogens (primary N) is 1. The van der Waals surface area contributed by atoms with Gasteiger partial charge in [0.15, 0.2) is 0 Å². The maximum absolute atomic E-state index is 6.24. The van der Waals surface area contributed by atoms with Gasteiger partial charge in [0.05, 0.1) is 5.02 Å². The van der Waals surface area contributed by atoms with E-state index >= 15 is 0 Å². The van der Waals surface area contributed by atoms with Gasteiger partial charge in [-0.25, -0.2) is 4.68 Å². The van der Waals surface area contributed by atoms with Crippen LogP contribution in [0.1, 0.15) is 12.5 Å². The van der Waals surface area contributed by atoms with Crippen molar-refractivity contribution in [3.8, 4) is 0 Å². The Bertz CT molecular complexity index is 540. The summed E-state index contributed by atoms with van der Waals surface area (Å²) in [6.07, 6.45) is 0.816. The van der Waals surface area contributed by atoms with E-state index in [0.717, 1.165) is 16.9 Å². The average molecular weight is 284 g/mol. The van der Waals surface area contributed by atoms with Crippen LogP contribution < -0.4 is 5.73 Å². The van der Waals surface area contributed by atoms with Gasteiger partial charge in [-0.1, -0.05) is 17.7 Å². The zero-order chi connectivity index (χ0) is 13.1. The summed E-state index contributed by atoms with van der Waals surface area (Å²) in [5.41, 5.74) is 6.90. The maximum atomic E-state index is 6.24. The second-order valence-electron chi connectivity index (χ2n) is 4.13. The van der Waals surface area contributed by atoms with Crippen molar-refractivity contribution in [3.63, 3.8) is 0 Å². The maximum Gasteiger partial charge on any atom is 0.213 e. The Morgan fingerprint density at radius 2 is 2.28 bits per heavy atom. The third-order valence-electron chi connectivity index (χ3n) is 2.34. The Morgan fingerprint density at radius 3 is 2.83 bits per heavy atom. The molecule has 0 fully saturated rings. The van der Waals surface area contributed by atoms with Crippen LogP contribution in [0.3, 0.4) is 0 Å². The second kappa shape index (κ2) is 5.69. The molecular weight excluding hydrogens is 270 g/mol. The number of aromatic nitrogens is 4. The number of hydrogen-bond acceptors (Lipinski definition) is 5. The molecule has 0 radical (unpaired) electrons. The molecule has 0 spiro atoms. The monoisotopic (exact) mass is 283 g/mol. The zero-order valence-corrected chi connectivity index (χ0v) is 11.7. The van der Waals surface area contributed by atoms with Gasteiger partial charge in [0, 0.05) is 18.0 Å². The summed E-state index contributed by atoms with van der Waals surface area (Å²) in [6.45, 7) is 1.97. The van der Waals surface area contributed by atoms with Gasteiger partial charge in [-0.05, 0) is 53.2 Å². The largest absolute Gasteiger partial charge is 0.328 e. The van der Waals surface area contributed by atoms with Crippen molar-refractivity contribution in [2.24, 2.45) is 12.8 Å². The molecule has 1 unspecified atom stereocenters. The number of rotatable bonds is 4. The van der Waals surface area contributed by atoms with Crippen molar-refractivity contribution in [1.82, 2.24) is 20.2 Å². The highest BCUT2D eigenvalue weighted by molar-refractivity contribution is 7.99. The van der Waals surface area contributed by atoms with E-state index in [1.54, 1.807) is 11.7 Å². The predicted octanol–water partition coefficient (Wildman–Crippen LogP) is 1.90. The molecule has 1 aromatic carbocycles. The first-order valence-corrected chi connectivity index (χ1v) is 6.70. The van der Waals surface area contributed by atoms with Gasteiger partial charge in [0.25, 0.3) is 0 Å². The predicted molar refractivity (Wildman–Crippen MR) is 71.7 cm³/mol. The van der Waals surface area contributed by atoms with Crippen molar-refractivity contribution < 1.29 is 0 Å². The van der Waals surface area contributed by atoms with E-state index in [1.807, 2.05) is 25.1 Å². The van der Waals surface area contributed by atoms with Crippen LogP contribution in [-0.2, 0) is 13.5 Å². The molecule has 7 heteroatoms. The van der Waals surface area contributed by atoms with E-state index in [9.17, 15) is 0 Å². The lowest BCUT2D eigenvalue weighted by atomic mass is 10.1. The Hall–Kier alpha value is -1.11. The van der Waals surface area contributed by atoms with E-state index in [2.05, 4.69) is 15.5 Å². The fourth-order valence-electron chi connectivity index (χ4n) is 1.53. The molecule has 0 aliphatic carbocycles. The van der Waals surface area contributed by atoms with Gasteiger partial charge >= 0.3 is 0 Å². The summed E-state index contributed by atoms with van der Waals surface area (Å²) < 4.78 is 1.61. The molecule has 0 bridgehead atoms. The third kappa shape index (κ3) is 3.22. The highest BCUT2D eigenvalue weighted by Crippen LogP contribution is 2.32. The number of tetrazole rings is 1. The highest BCUT2D eigenvalue weighted by atomic mass is 35.5. The first-order chi connectivity index (χ1) is 8.56. The summed E-state index contributed by atoms with van der Waals surface area (Å²) in [6, 6.07) is 6.07. The van der Waals surface area contributed by atoms with E-state index < -0.39 is 0 Å². The first-order valence-electron chi connectivity index (χ1n) is 5.50. The summed E-state index contributed by atoms with van der Waals surface area (Å²) in [7, 11) is 1.79. The van der Waals surface area contributed by atoms with Crippen molar-refractivity contribution in [2.75, 3.05) is 0 Å². The molecule has 0 aliphatic heterocycles. The molecule has 2 aromatic rings. The molecule has 5 nitrogen and oxygen atoms in total. The molecular formula is C11H14ClN5S. The number of hydrogen-bond donors (Lipinski definition) is 1. The fraction of sp³-hybridized carbons (Fsp3) is 0.364. The molecule has 96 valence electrons. The quantitative estimate of drug-likeness (QED) is 0.928. The zero-order valence-electron chi connectivity index (χ0n) is 10.2. The Labute approximate surface area is 115 Å². The standard InChI is InChI=1S/C11H14ClN5S/c1-7(13)5-8-3-4-10(9(12)6-8)18-11-14-15-16-17(11)2/h3-4,6-7H,5,13H2,1-2H3. The minimum Gasteiger partial charge on any atom is -0.328 e. The van der Waals surface area contributed by atoms with Crippen LogP contribution in [-0.4, -0.2) is 26.2 Å². The van der Waals surface area contributed by atoms with Crippen molar-refractivity contribution in [1.29, 1.82) is 0 Å². The SMILES string of the molecule is CC(N)Cc1ccc(Sc2nnnn2C)c(Cl)c1. The normalized spacial score (nSPS) is 12.7. The number of aryl methyl sites for hydroxylation is 1. The second-order valence-corrected chi connectivity index (χ2v) is 5.55. The topological polar surface area (TPSA) is 69.6 Å². The summed E-state index contributed by atoms with van der Waals surface area (Å²) >= 11 is 7.68. The van der Waals surface area contributed by atoms with Crippen molar-refractivity contribution >= 4 is 23.4 Å². The van der Waals surface area contributed by atoms with Gasteiger partial charge in [-0.15, -0.1) is 5.10 Å². The van der Waals surface area contributed by atoms with E-state index in [-0.39, 0.29) is 6.04 Å². The smallest absolute Gasteiger partial charge is 0.213 e. The van der Waals surface area contributed by atoms with E-state index in [4.69, 9.17) is 17.3 Å². The molecule has 0 saturated heterocycles. The lowest BCUT2D eigenvalue weighted by molar-refractivity contribution is 0.664. The molecule has 0 saturated carbocycles.